The lowest BCUT2D eigenvalue weighted by Crippen LogP contribution is -2.36. The van der Waals surface area contributed by atoms with Gasteiger partial charge in [-0.1, -0.05) is 12.1 Å². The zero-order valence-electron chi connectivity index (χ0n) is 19.0. The average molecular weight is 456 g/mol. The van der Waals surface area contributed by atoms with Crippen LogP contribution in [0, 0.1) is 5.82 Å². The minimum Gasteiger partial charge on any atom is -0.381 e. The molecule has 4 aromatic rings. The van der Waals surface area contributed by atoms with E-state index in [-0.39, 0.29) is 18.0 Å². The van der Waals surface area contributed by atoms with E-state index in [1.807, 2.05) is 30.6 Å². The summed E-state index contributed by atoms with van der Waals surface area (Å²) < 4.78 is 13.1. The van der Waals surface area contributed by atoms with Crippen LogP contribution in [0.25, 0.3) is 22.0 Å². The molecule has 5 rings (SSSR count). The summed E-state index contributed by atoms with van der Waals surface area (Å²) in [5.41, 5.74) is 4.23. The van der Waals surface area contributed by atoms with E-state index < -0.39 is 0 Å². The highest BCUT2D eigenvalue weighted by Crippen LogP contribution is 2.26. The lowest BCUT2D eigenvalue weighted by molar-refractivity contribution is 0.0991. The van der Waals surface area contributed by atoms with Gasteiger partial charge in [-0.2, -0.15) is 0 Å². The molecule has 0 aliphatic carbocycles. The summed E-state index contributed by atoms with van der Waals surface area (Å²) in [5, 5.41) is 4.52. The minimum atomic E-state index is -0.369. The number of carbonyl (C=O) groups is 1. The molecular weight excluding hydrogens is 429 g/mol. The molecule has 0 atom stereocenters. The third-order valence-corrected chi connectivity index (χ3v) is 6.28. The number of rotatable bonds is 6. The first-order valence-corrected chi connectivity index (χ1v) is 11.5. The zero-order valence-corrected chi connectivity index (χ0v) is 19.0. The maximum atomic E-state index is 13.1. The quantitative estimate of drug-likeness (QED) is 0.423. The summed E-state index contributed by atoms with van der Waals surface area (Å²) in [6, 6.07) is 14.1. The molecule has 1 aliphatic heterocycles. The van der Waals surface area contributed by atoms with Gasteiger partial charge < -0.3 is 10.2 Å². The van der Waals surface area contributed by atoms with Gasteiger partial charge in [0.2, 0.25) is 0 Å². The van der Waals surface area contributed by atoms with E-state index in [1.54, 1.807) is 6.20 Å². The number of carbonyl (C=O) groups excluding carboxylic acids is 1. The second-order valence-electron chi connectivity index (χ2n) is 8.85. The zero-order chi connectivity index (χ0) is 23.5. The van der Waals surface area contributed by atoms with Crippen LogP contribution in [-0.4, -0.2) is 51.8 Å². The molecule has 2 aromatic heterocycles. The van der Waals surface area contributed by atoms with Crippen molar-refractivity contribution in [3.05, 3.63) is 84.3 Å². The Morgan fingerprint density at radius 2 is 1.82 bits per heavy atom. The van der Waals surface area contributed by atoms with Crippen molar-refractivity contribution in [1.82, 2.24) is 19.9 Å². The molecule has 6 nitrogen and oxygen atoms in total. The number of benzene rings is 2. The van der Waals surface area contributed by atoms with E-state index >= 15 is 0 Å². The fourth-order valence-corrected chi connectivity index (χ4v) is 4.27. The van der Waals surface area contributed by atoms with Gasteiger partial charge in [0.25, 0.3) is 0 Å². The highest BCUT2D eigenvalue weighted by Gasteiger charge is 2.16. The van der Waals surface area contributed by atoms with E-state index in [9.17, 15) is 9.18 Å². The fraction of sp³-hybridized carbons (Fsp3) is 0.259. The van der Waals surface area contributed by atoms with Crippen LogP contribution in [0.3, 0.4) is 0 Å². The summed E-state index contributed by atoms with van der Waals surface area (Å²) in [4.78, 5) is 28.3. The summed E-state index contributed by atoms with van der Waals surface area (Å²) in [7, 11) is 2.16. The Kier molecular flexibility index (Phi) is 6.27. The van der Waals surface area contributed by atoms with Crippen molar-refractivity contribution in [2.24, 2.45) is 0 Å². The Labute approximate surface area is 197 Å². The highest BCUT2D eigenvalue weighted by atomic mass is 19.1. The van der Waals surface area contributed by atoms with E-state index in [0.29, 0.717) is 17.4 Å². The van der Waals surface area contributed by atoms with Crippen molar-refractivity contribution in [1.29, 1.82) is 0 Å². The standard InChI is InChI=1S/C27H26FN5O/c1-33-10-8-23(9-11-33)31-24-12-21(15-29-17-24)19-2-3-20-16-30-27(32-25(20)13-19)14-26(34)18-4-6-22(28)7-5-18/h2-7,12-13,15-17,23,31H,8-11,14H2,1H3. The van der Waals surface area contributed by atoms with Crippen molar-refractivity contribution in [2.75, 3.05) is 25.5 Å². The van der Waals surface area contributed by atoms with E-state index in [2.05, 4.69) is 38.3 Å². The van der Waals surface area contributed by atoms with Crippen LogP contribution in [0.15, 0.2) is 67.1 Å². The van der Waals surface area contributed by atoms with Gasteiger partial charge in [0.1, 0.15) is 11.6 Å². The van der Waals surface area contributed by atoms with Gasteiger partial charge in [0.05, 0.1) is 17.6 Å². The van der Waals surface area contributed by atoms with Crippen molar-refractivity contribution in [3.8, 4) is 11.1 Å². The number of hydrogen-bond acceptors (Lipinski definition) is 6. The van der Waals surface area contributed by atoms with E-state index in [0.717, 1.165) is 53.6 Å². The molecule has 0 saturated carbocycles. The second-order valence-corrected chi connectivity index (χ2v) is 8.85. The van der Waals surface area contributed by atoms with Crippen molar-refractivity contribution in [3.63, 3.8) is 0 Å². The van der Waals surface area contributed by atoms with Gasteiger partial charge in [-0.25, -0.2) is 14.4 Å². The van der Waals surface area contributed by atoms with Gasteiger partial charge in [-0.15, -0.1) is 0 Å². The molecule has 0 radical (unpaired) electrons. The number of likely N-dealkylation sites (tertiary alicyclic amines) is 1. The number of anilines is 1. The summed E-state index contributed by atoms with van der Waals surface area (Å²) in [6.45, 7) is 2.20. The molecule has 0 spiro atoms. The number of nitrogens with zero attached hydrogens (tertiary/aromatic N) is 4. The molecule has 1 N–H and O–H groups in total. The normalized spacial score (nSPS) is 14.9. The number of aromatic nitrogens is 3. The summed E-state index contributed by atoms with van der Waals surface area (Å²) in [6.07, 6.45) is 7.74. The van der Waals surface area contributed by atoms with Crippen LogP contribution >= 0.6 is 0 Å². The van der Waals surface area contributed by atoms with Crippen LogP contribution < -0.4 is 5.32 Å². The van der Waals surface area contributed by atoms with Crippen LogP contribution in [0.1, 0.15) is 29.0 Å². The van der Waals surface area contributed by atoms with Crippen LogP contribution in [-0.2, 0) is 6.42 Å². The maximum absolute atomic E-state index is 13.1. The third kappa shape index (κ3) is 5.10. The third-order valence-electron chi connectivity index (χ3n) is 6.28. The van der Waals surface area contributed by atoms with Gasteiger partial charge in [0.15, 0.2) is 5.78 Å². The smallest absolute Gasteiger partial charge is 0.170 e. The van der Waals surface area contributed by atoms with Crippen molar-refractivity contribution >= 4 is 22.4 Å². The van der Waals surface area contributed by atoms with E-state index in [1.165, 1.54) is 24.3 Å². The average Bonchev–Trinajstić information content (AvgIpc) is 2.85. The number of ketones is 1. The van der Waals surface area contributed by atoms with Crippen LogP contribution in [0.2, 0.25) is 0 Å². The predicted octanol–water partition coefficient (Wildman–Crippen LogP) is 4.76. The molecule has 1 saturated heterocycles. The molecule has 172 valence electrons. The first-order chi connectivity index (χ1) is 16.5. The van der Waals surface area contributed by atoms with Crippen molar-refractivity contribution in [2.45, 2.75) is 25.3 Å². The van der Waals surface area contributed by atoms with E-state index in [4.69, 9.17) is 0 Å². The number of halogens is 1. The molecule has 34 heavy (non-hydrogen) atoms. The number of Topliss-reactive ketones (excluding diaryl/α,β-unsaturated/α-hetero) is 1. The highest BCUT2D eigenvalue weighted by molar-refractivity contribution is 5.97. The van der Waals surface area contributed by atoms with Gasteiger partial charge in [0, 0.05) is 41.1 Å². The summed E-state index contributed by atoms with van der Waals surface area (Å²) >= 11 is 0. The topological polar surface area (TPSA) is 71.0 Å². The number of fused-ring (bicyclic) bond motifs is 1. The first-order valence-electron chi connectivity index (χ1n) is 11.5. The SMILES string of the molecule is CN1CCC(Nc2cncc(-c3ccc4cnc(CC(=O)c5ccc(F)cc5)nc4c3)c2)CC1. The Morgan fingerprint density at radius 1 is 1.03 bits per heavy atom. The largest absolute Gasteiger partial charge is 0.381 e. The fourth-order valence-electron chi connectivity index (χ4n) is 4.27. The van der Waals surface area contributed by atoms with Crippen LogP contribution in [0.5, 0.6) is 0 Å². The minimum absolute atomic E-state index is 0.0589. The lowest BCUT2D eigenvalue weighted by Gasteiger charge is -2.30. The monoisotopic (exact) mass is 455 g/mol. The Balaban J connectivity index is 1.35. The number of pyridine rings is 1. The predicted molar refractivity (Wildman–Crippen MR) is 131 cm³/mol. The Bertz CT molecular complexity index is 1320. The molecule has 0 amide bonds. The molecule has 0 unspecified atom stereocenters. The lowest BCUT2D eigenvalue weighted by atomic mass is 10.0. The Hall–Kier alpha value is -3.71. The van der Waals surface area contributed by atoms with Gasteiger partial charge in [-0.3, -0.25) is 9.78 Å². The molecular formula is C27H26FN5O. The molecule has 1 fully saturated rings. The molecule has 2 aromatic carbocycles. The van der Waals surface area contributed by atoms with Gasteiger partial charge in [-0.05, 0) is 74.9 Å². The van der Waals surface area contributed by atoms with Gasteiger partial charge >= 0.3 is 0 Å². The Morgan fingerprint density at radius 3 is 2.62 bits per heavy atom. The number of piperidine rings is 1. The maximum Gasteiger partial charge on any atom is 0.170 e. The van der Waals surface area contributed by atoms with Crippen LogP contribution in [0.4, 0.5) is 10.1 Å². The molecule has 7 heteroatoms. The molecule has 3 heterocycles. The number of nitrogens with one attached hydrogen (secondary N) is 1. The first kappa shape index (κ1) is 22.1. The molecule has 0 bridgehead atoms. The summed E-state index contributed by atoms with van der Waals surface area (Å²) in [5.74, 6) is -0.0756. The molecule has 1 aliphatic rings. The number of hydrogen-bond donors (Lipinski definition) is 1. The second kappa shape index (κ2) is 9.65. The van der Waals surface area contributed by atoms with Crippen molar-refractivity contribution < 1.29 is 9.18 Å².